The Bertz CT molecular complexity index is 338. The van der Waals surface area contributed by atoms with Gasteiger partial charge < -0.3 is 5.73 Å². The van der Waals surface area contributed by atoms with Crippen LogP contribution in [0.2, 0.25) is 0 Å². The van der Waals surface area contributed by atoms with Crippen LogP contribution in [0.25, 0.3) is 0 Å². The lowest BCUT2D eigenvalue weighted by molar-refractivity contribution is 0.411. The molecule has 0 bridgehead atoms. The fraction of sp³-hybridized carbons (Fsp3) is 0.462. The summed E-state index contributed by atoms with van der Waals surface area (Å²) in [6.07, 6.45) is 1.08. The highest BCUT2D eigenvalue weighted by atomic mass is 14.8. The van der Waals surface area contributed by atoms with Gasteiger partial charge in [-0.15, -0.1) is 0 Å². The topological polar surface area (TPSA) is 38.4 Å². The van der Waals surface area contributed by atoms with Crippen LogP contribution in [0.3, 0.4) is 0 Å². The van der Waals surface area contributed by atoms with Crippen molar-refractivity contribution in [3.05, 3.63) is 29.8 Å². The lowest BCUT2D eigenvalue weighted by Gasteiger charge is -2.17. The van der Waals surface area contributed by atoms with Gasteiger partial charge in [0.15, 0.2) is 0 Å². The summed E-state index contributed by atoms with van der Waals surface area (Å²) in [5.41, 5.74) is 8.11. The van der Waals surface area contributed by atoms with Crippen molar-refractivity contribution >= 4 is 11.5 Å². The van der Waals surface area contributed by atoms with Crippen LogP contribution < -0.4 is 5.73 Å². The van der Waals surface area contributed by atoms with Gasteiger partial charge in [-0.2, -0.15) is 0 Å². The van der Waals surface area contributed by atoms with Crippen LogP contribution >= 0.6 is 0 Å². The molecule has 0 aliphatic carbocycles. The Morgan fingerprint density at radius 1 is 1.20 bits per heavy atom. The predicted octanol–water partition coefficient (Wildman–Crippen LogP) is 3.28. The second-order valence-electron chi connectivity index (χ2n) is 5.16. The summed E-state index contributed by atoms with van der Waals surface area (Å²) in [6.45, 7) is 8.51. The molecule has 0 heterocycles. The molecule has 0 fully saturated rings. The first-order valence-corrected chi connectivity index (χ1v) is 5.26. The normalized spacial score (nSPS) is 12.9. The maximum Gasteiger partial charge on any atom is 0.0964 e. The smallest absolute Gasteiger partial charge is 0.0964 e. The van der Waals surface area contributed by atoms with Gasteiger partial charge in [-0.05, 0) is 36.5 Å². The monoisotopic (exact) mass is 204 g/mol. The quantitative estimate of drug-likeness (QED) is 0.582. The number of rotatable bonds is 2. The van der Waals surface area contributed by atoms with Gasteiger partial charge in [0.05, 0.1) is 11.5 Å². The third-order valence-corrected chi connectivity index (χ3v) is 1.98. The number of amidine groups is 1. The van der Waals surface area contributed by atoms with E-state index in [1.54, 1.807) is 6.92 Å². The van der Waals surface area contributed by atoms with Crippen molar-refractivity contribution in [3.63, 3.8) is 0 Å². The number of hydrogen-bond acceptors (Lipinski definition) is 1. The van der Waals surface area contributed by atoms with Gasteiger partial charge in [-0.1, -0.05) is 32.9 Å². The Morgan fingerprint density at radius 2 is 1.73 bits per heavy atom. The molecule has 0 radical (unpaired) electrons. The van der Waals surface area contributed by atoms with Gasteiger partial charge in [0.25, 0.3) is 0 Å². The molecule has 0 unspecified atom stereocenters. The summed E-state index contributed by atoms with van der Waals surface area (Å²) in [5.74, 6) is 0.596. The van der Waals surface area contributed by atoms with Crippen LogP contribution in [0.4, 0.5) is 5.69 Å². The number of hydrogen-bond donors (Lipinski definition) is 1. The maximum absolute atomic E-state index is 5.51. The minimum atomic E-state index is 0.328. The van der Waals surface area contributed by atoms with Crippen LogP contribution in [0.15, 0.2) is 29.3 Å². The zero-order valence-corrected chi connectivity index (χ0v) is 10.0. The highest BCUT2D eigenvalue weighted by molar-refractivity contribution is 5.80. The predicted molar refractivity (Wildman–Crippen MR) is 66.6 cm³/mol. The number of benzene rings is 1. The standard InChI is InChI=1S/C13H20N2/c1-10(14)15-12-7-5-11(6-8-12)9-13(2,3)4/h5-8H,9H2,1-4H3,(H2,14,15). The molecule has 0 amide bonds. The van der Waals surface area contributed by atoms with E-state index in [2.05, 4.69) is 37.9 Å². The van der Waals surface area contributed by atoms with Gasteiger partial charge in [0, 0.05) is 0 Å². The molecule has 2 heteroatoms. The highest BCUT2D eigenvalue weighted by Gasteiger charge is 2.10. The van der Waals surface area contributed by atoms with E-state index in [-0.39, 0.29) is 0 Å². The van der Waals surface area contributed by atoms with E-state index in [0.29, 0.717) is 11.3 Å². The van der Waals surface area contributed by atoms with Gasteiger partial charge in [0.2, 0.25) is 0 Å². The van der Waals surface area contributed by atoms with E-state index < -0.39 is 0 Å². The van der Waals surface area contributed by atoms with Crippen molar-refractivity contribution in [2.45, 2.75) is 34.1 Å². The largest absolute Gasteiger partial charge is 0.387 e. The molecule has 2 N–H and O–H groups in total. The van der Waals surface area contributed by atoms with Gasteiger partial charge in [-0.3, -0.25) is 0 Å². The Kier molecular flexibility index (Phi) is 3.51. The molecule has 15 heavy (non-hydrogen) atoms. The molecule has 1 aromatic rings. The molecule has 0 aliphatic rings. The molecule has 1 aromatic carbocycles. The summed E-state index contributed by atoms with van der Waals surface area (Å²) in [6, 6.07) is 8.26. The van der Waals surface area contributed by atoms with Crippen molar-refractivity contribution in [1.29, 1.82) is 0 Å². The SMILES string of the molecule is CC(N)=Nc1ccc(CC(C)(C)C)cc1. The van der Waals surface area contributed by atoms with Gasteiger partial charge in [0.1, 0.15) is 0 Å². The summed E-state index contributed by atoms with van der Waals surface area (Å²) in [4.78, 5) is 4.19. The molecule has 0 atom stereocenters. The first kappa shape index (κ1) is 11.8. The second kappa shape index (κ2) is 4.47. The van der Waals surface area contributed by atoms with E-state index in [1.165, 1.54) is 5.56 Å². The molecule has 0 saturated heterocycles. The van der Waals surface area contributed by atoms with E-state index in [4.69, 9.17) is 5.73 Å². The molecule has 82 valence electrons. The van der Waals surface area contributed by atoms with E-state index >= 15 is 0 Å². The third kappa shape index (κ3) is 4.63. The first-order chi connectivity index (χ1) is 6.87. The van der Waals surface area contributed by atoms with Crippen LogP contribution in [0, 0.1) is 5.41 Å². The van der Waals surface area contributed by atoms with Crippen LogP contribution in [0.1, 0.15) is 33.3 Å². The zero-order chi connectivity index (χ0) is 11.5. The Morgan fingerprint density at radius 3 is 2.13 bits per heavy atom. The van der Waals surface area contributed by atoms with E-state index in [0.717, 1.165) is 12.1 Å². The average Bonchev–Trinajstić information content (AvgIpc) is 2.05. The van der Waals surface area contributed by atoms with Crippen LogP contribution in [0.5, 0.6) is 0 Å². The molecule has 0 aromatic heterocycles. The average molecular weight is 204 g/mol. The highest BCUT2D eigenvalue weighted by Crippen LogP contribution is 2.22. The summed E-state index contributed by atoms with van der Waals surface area (Å²) in [7, 11) is 0. The van der Waals surface area contributed by atoms with Crippen molar-refractivity contribution in [3.8, 4) is 0 Å². The molecule has 0 spiro atoms. The molecule has 1 rings (SSSR count). The minimum Gasteiger partial charge on any atom is -0.387 e. The maximum atomic E-state index is 5.51. The lowest BCUT2D eigenvalue weighted by atomic mass is 9.88. The number of nitrogens with two attached hydrogens (primary N) is 1. The van der Waals surface area contributed by atoms with Crippen molar-refractivity contribution < 1.29 is 0 Å². The molecular weight excluding hydrogens is 184 g/mol. The second-order valence-corrected chi connectivity index (χ2v) is 5.16. The van der Waals surface area contributed by atoms with Gasteiger partial charge >= 0.3 is 0 Å². The Hall–Kier alpha value is -1.31. The Labute approximate surface area is 92.2 Å². The molecular formula is C13H20N2. The van der Waals surface area contributed by atoms with E-state index in [9.17, 15) is 0 Å². The van der Waals surface area contributed by atoms with Crippen molar-refractivity contribution in [2.24, 2.45) is 16.1 Å². The molecule has 0 aliphatic heterocycles. The molecule has 2 nitrogen and oxygen atoms in total. The fourth-order valence-electron chi connectivity index (χ4n) is 1.50. The van der Waals surface area contributed by atoms with Crippen molar-refractivity contribution in [2.75, 3.05) is 0 Å². The van der Waals surface area contributed by atoms with Crippen molar-refractivity contribution in [1.82, 2.24) is 0 Å². The number of aliphatic imine (C=N–C) groups is 1. The minimum absolute atomic E-state index is 0.328. The van der Waals surface area contributed by atoms with Gasteiger partial charge in [-0.25, -0.2) is 4.99 Å². The third-order valence-electron chi connectivity index (χ3n) is 1.98. The van der Waals surface area contributed by atoms with Crippen LogP contribution in [-0.2, 0) is 6.42 Å². The number of nitrogens with zero attached hydrogens (tertiary/aromatic N) is 1. The summed E-state index contributed by atoms with van der Waals surface area (Å²) in [5, 5.41) is 0. The zero-order valence-electron chi connectivity index (χ0n) is 10.0. The van der Waals surface area contributed by atoms with Crippen LogP contribution in [-0.4, -0.2) is 5.84 Å². The molecule has 0 saturated carbocycles. The summed E-state index contributed by atoms with van der Waals surface area (Å²) >= 11 is 0. The summed E-state index contributed by atoms with van der Waals surface area (Å²) < 4.78 is 0. The van der Waals surface area contributed by atoms with E-state index in [1.807, 2.05) is 12.1 Å². The lowest BCUT2D eigenvalue weighted by Crippen LogP contribution is -2.08. The first-order valence-electron chi connectivity index (χ1n) is 5.26. The fourth-order valence-corrected chi connectivity index (χ4v) is 1.50. The Balaban J connectivity index is 2.77.